The lowest BCUT2D eigenvalue weighted by Gasteiger charge is -2.24. The van der Waals surface area contributed by atoms with E-state index >= 15 is 0 Å². The molecule has 2 aromatic carbocycles. The number of imidazole rings is 1. The van der Waals surface area contributed by atoms with E-state index in [-0.39, 0.29) is 18.9 Å². The minimum atomic E-state index is -3.51. The summed E-state index contributed by atoms with van der Waals surface area (Å²) in [6, 6.07) is 12.9. The first-order chi connectivity index (χ1) is 14.8. The summed E-state index contributed by atoms with van der Waals surface area (Å²) in [7, 11) is -3.51. The summed E-state index contributed by atoms with van der Waals surface area (Å²) in [6.45, 7) is 2.39. The number of amides is 1. The average Bonchev–Trinajstić information content (AvgIpc) is 3.26. The molecule has 9 heteroatoms. The summed E-state index contributed by atoms with van der Waals surface area (Å²) in [5.74, 6) is -0.142. The number of hydrogen-bond donors (Lipinski definition) is 1. The number of para-hydroxylation sites is 1. The SMILES string of the molecule is Cc1ccc(Cl)cc1N(CCCC(=O)NCc1ccccc1-n1ccnc1)S(C)(=O)=O. The molecule has 164 valence electrons. The van der Waals surface area contributed by atoms with Gasteiger partial charge < -0.3 is 9.88 Å². The monoisotopic (exact) mass is 460 g/mol. The molecule has 0 atom stereocenters. The van der Waals surface area contributed by atoms with E-state index in [0.717, 1.165) is 23.1 Å². The number of anilines is 1. The van der Waals surface area contributed by atoms with Gasteiger partial charge in [0.15, 0.2) is 0 Å². The molecule has 0 bridgehead atoms. The molecule has 0 radical (unpaired) electrons. The van der Waals surface area contributed by atoms with Crippen LogP contribution >= 0.6 is 11.6 Å². The molecule has 0 aliphatic carbocycles. The van der Waals surface area contributed by atoms with Gasteiger partial charge in [-0.05, 0) is 42.7 Å². The third kappa shape index (κ3) is 6.08. The van der Waals surface area contributed by atoms with Gasteiger partial charge in [0.2, 0.25) is 15.9 Å². The lowest BCUT2D eigenvalue weighted by molar-refractivity contribution is -0.121. The number of hydrogen-bond acceptors (Lipinski definition) is 4. The first-order valence-corrected chi connectivity index (χ1v) is 12.0. The van der Waals surface area contributed by atoms with Crippen LogP contribution in [0.1, 0.15) is 24.0 Å². The fraction of sp³-hybridized carbons (Fsp3) is 0.273. The summed E-state index contributed by atoms with van der Waals surface area (Å²) in [6.07, 6.45) is 6.99. The third-order valence-corrected chi connectivity index (χ3v) is 6.27. The highest BCUT2D eigenvalue weighted by atomic mass is 35.5. The molecule has 1 amide bonds. The highest BCUT2D eigenvalue weighted by Crippen LogP contribution is 2.26. The molecule has 0 unspecified atom stereocenters. The Labute approximate surface area is 187 Å². The van der Waals surface area contributed by atoms with Gasteiger partial charge in [0.1, 0.15) is 0 Å². The lowest BCUT2D eigenvalue weighted by atomic mass is 10.1. The quantitative estimate of drug-likeness (QED) is 0.527. The Morgan fingerprint density at radius 1 is 1.23 bits per heavy atom. The smallest absolute Gasteiger partial charge is 0.232 e. The number of nitrogens with one attached hydrogen (secondary N) is 1. The van der Waals surface area contributed by atoms with Gasteiger partial charge in [-0.3, -0.25) is 9.10 Å². The van der Waals surface area contributed by atoms with E-state index in [1.165, 1.54) is 4.31 Å². The molecule has 0 aliphatic rings. The van der Waals surface area contributed by atoms with E-state index in [1.54, 1.807) is 30.7 Å². The van der Waals surface area contributed by atoms with Gasteiger partial charge in [0.25, 0.3) is 0 Å². The van der Waals surface area contributed by atoms with Gasteiger partial charge in [-0.1, -0.05) is 35.9 Å². The minimum absolute atomic E-state index is 0.142. The average molecular weight is 461 g/mol. The fourth-order valence-electron chi connectivity index (χ4n) is 3.30. The topological polar surface area (TPSA) is 84.3 Å². The lowest BCUT2D eigenvalue weighted by Crippen LogP contribution is -2.32. The second-order valence-corrected chi connectivity index (χ2v) is 9.59. The first kappa shape index (κ1) is 22.8. The molecule has 0 saturated carbocycles. The molecular formula is C22H25ClN4O3S. The number of aryl methyl sites for hydroxylation is 1. The number of carbonyl (C=O) groups excluding carboxylic acids is 1. The van der Waals surface area contributed by atoms with Crippen LogP contribution < -0.4 is 9.62 Å². The zero-order chi connectivity index (χ0) is 22.4. The molecule has 0 aliphatic heterocycles. The van der Waals surface area contributed by atoms with Crippen molar-refractivity contribution in [3.05, 3.63) is 77.3 Å². The molecule has 7 nitrogen and oxygen atoms in total. The summed E-state index contributed by atoms with van der Waals surface area (Å²) in [5, 5.41) is 3.37. The van der Waals surface area contributed by atoms with Crippen molar-refractivity contribution >= 4 is 33.2 Å². The predicted octanol–water partition coefficient (Wildman–Crippen LogP) is 3.70. The van der Waals surface area contributed by atoms with Crippen molar-refractivity contribution in [3.63, 3.8) is 0 Å². The molecule has 1 aromatic heterocycles. The standard InChI is InChI=1S/C22H25ClN4O3S/c1-17-9-10-19(23)14-21(17)27(31(2,29)30)12-5-8-22(28)25-15-18-6-3-4-7-20(18)26-13-11-24-16-26/h3-4,6-7,9-11,13-14,16H,5,8,12,15H2,1-2H3,(H,25,28). The normalized spacial score (nSPS) is 11.3. The number of rotatable bonds is 9. The molecule has 31 heavy (non-hydrogen) atoms. The summed E-state index contributed by atoms with van der Waals surface area (Å²) < 4.78 is 27.8. The third-order valence-electron chi connectivity index (χ3n) is 4.86. The number of benzene rings is 2. The van der Waals surface area contributed by atoms with Crippen LogP contribution in [0.15, 0.2) is 61.2 Å². The minimum Gasteiger partial charge on any atom is -0.352 e. The number of carbonyl (C=O) groups is 1. The van der Waals surface area contributed by atoms with Crippen LogP contribution in [0.5, 0.6) is 0 Å². The second-order valence-electron chi connectivity index (χ2n) is 7.24. The van der Waals surface area contributed by atoms with E-state index in [4.69, 9.17) is 11.6 Å². The van der Waals surface area contributed by atoms with Gasteiger partial charge in [0, 0.05) is 36.9 Å². The molecule has 0 fully saturated rings. The summed E-state index contributed by atoms with van der Waals surface area (Å²) in [4.78, 5) is 16.4. The molecule has 3 aromatic rings. The highest BCUT2D eigenvalue weighted by Gasteiger charge is 2.19. The Bertz CT molecular complexity index is 1150. The van der Waals surface area contributed by atoms with E-state index in [2.05, 4.69) is 10.3 Å². The number of halogens is 1. The van der Waals surface area contributed by atoms with E-state index < -0.39 is 10.0 Å². The van der Waals surface area contributed by atoms with Crippen LogP contribution in [0.2, 0.25) is 5.02 Å². The number of aromatic nitrogens is 2. The van der Waals surface area contributed by atoms with E-state index in [1.807, 2.05) is 42.0 Å². The van der Waals surface area contributed by atoms with Crippen LogP contribution in [0.25, 0.3) is 5.69 Å². The van der Waals surface area contributed by atoms with Crippen molar-refractivity contribution in [2.24, 2.45) is 0 Å². The predicted molar refractivity (Wildman–Crippen MR) is 123 cm³/mol. The van der Waals surface area contributed by atoms with Crippen LogP contribution in [0.4, 0.5) is 5.69 Å². The zero-order valence-corrected chi connectivity index (χ0v) is 19.0. The largest absolute Gasteiger partial charge is 0.352 e. The maximum Gasteiger partial charge on any atom is 0.232 e. The van der Waals surface area contributed by atoms with Crippen molar-refractivity contribution in [2.75, 3.05) is 17.1 Å². The van der Waals surface area contributed by atoms with E-state index in [0.29, 0.717) is 23.7 Å². The molecule has 1 heterocycles. The second kappa shape index (κ2) is 9.98. The van der Waals surface area contributed by atoms with Crippen molar-refractivity contribution in [1.82, 2.24) is 14.9 Å². The molecular weight excluding hydrogens is 436 g/mol. The maximum atomic E-state index is 12.4. The van der Waals surface area contributed by atoms with Crippen molar-refractivity contribution in [1.29, 1.82) is 0 Å². The van der Waals surface area contributed by atoms with Gasteiger partial charge in [0.05, 0.1) is 24.0 Å². The fourth-order valence-corrected chi connectivity index (χ4v) is 4.48. The number of sulfonamides is 1. The number of nitrogens with zero attached hydrogens (tertiary/aromatic N) is 3. The van der Waals surface area contributed by atoms with Crippen molar-refractivity contribution in [3.8, 4) is 5.69 Å². The molecule has 0 saturated heterocycles. The molecule has 0 spiro atoms. The summed E-state index contributed by atoms with van der Waals surface area (Å²) >= 11 is 6.05. The molecule has 1 N–H and O–H groups in total. The Morgan fingerprint density at radius 3 is 2.71 bits per heavy atom. The maximum absolute atomic E-state index is 12.4. The van der Waals surface area contributed by atoms with Gasteiger partial charge >= 0.3 is 0 Å². The Balaban J connectivity index is 1.59. The van der Waals surface area contributed by atoms with Crippen LogP contribution in [-0.4, -0.2) is 36.7 Å². The van der Waals surface area contributed by atoms with Crippen molar-refractivity contribution in [2.45, 2.75) is 26.3 Å². The summed E-state index contributed by atoms with van der Waals surface area (Å²) in [5.41, 5.74) is 3.24. The van der Waals surface area contributed by atoms with Crippen LogP contribution in [-0.2, 0) is 21.4 Å². The Kier molecular flexibility index (Phi) is 7.35. The van der Waals surface area contributed by atoms with Gasteiger partial charge in [-0.2, -0.15) is 0 Å². The van der Waals surface area contributed by atoms with Crippen LogP contribution in [0, 0.1) is 6.92 Å². The van der Waals surface area contributed by atoms with Crippen molar-refractivity contribution < 1.29 is 13.2 Å². The Morgan fingerprint density at radius 2 is 2.00 bits per heavy atom. The highest BCUT2D eigenvalue weighted by molar-refractivity contribution is 7.92. The first-order valence-electron chi connectivity index (χ1n) is 9.82. The van der Waals surface area contributed by atoms with Crippen LogP contribution in [0.3, 0.4) is 0 Å². The van der Waals surface area contributed by atoms with E-state index in [9.17, 15) is 13.2 Å². The van der Waals surface area contributed by atoms with Gasteiger partial charge in [-0.25, -0.2) is 13.4 Å². The van der Waals surface area contributed by atoms with Gasteiger partial charge in [-0.15, -0.1) is 0 Å². The zero-order valence-electron chi connectivity index (χ0n) is 17.5. The Hall–Kier alpha value is -2.84. The molecule has 3 rings (SSSR count).